The highest BCUT2D eigenvalue weighted by Gasteiger charge is 2.07. The van der Waals surface area contributed by atoms with E-state index in [1.165, 1.54) is 0 Å². The Balaban J connectivity index is 3.04. The lowest BCUT2D eigenvalue weighted by atomic mass is 10.1. The van der Waals surface area contributed by atoms with Crippen LogP contribution in [0.2, 0.25) is 0 Å². The molecule has 0 atom stereocenters. The molecule has 0 aromatic carbocycles. The fourth-order valence-electron chi connectivity index (χ4n) is 0.887. The molecule has 0 bridgehead atoms. The Morgan fingerprint density at radius 2 is 2.17 bits per heavy atom. The molecular weight excluding hydrogens is 154 g/mol. The Bertz CT molecular complexity index is 312. The van der Waals surface area contributed by atoms with E-state index < -0.39 is 0 Å². The molecule has 1 rings (SSSR count). The van der Waals surface area contributed by atoms with Crippen molar-refractivity contribution in [3.63, 3.8) is 0 Å². The van der Waals surface area contributed by atoms with Crippen molar-refractivity contribution in [2.24, 2.45) is 0 Å². The number of allylic oxidation sites excluding steroid dienone is 4. The molecule has 0 unspecified atom stereocenters. The molecule has 0 aliphatic heterocycles. The summed E-state index contributed by atoms with van der Waals surface area (Å²) in [5.41, 5.74) is 7.01. The molecule has 0 amide bonds. The highest BCUT2D eigenvalue weighted by molar-refractivity contribution is 5.76. The molecule has 1 aromatic rings. The number of aromatic nitrogens is 2. The largest absolute Gasteiger partial charge is 0.379 e. The maximum absolute atomic E-state index is 5.51. The van der Waals surface area contributed by atoms with Gasteiger partial charge in [-0.2, -0.15) is 0 Å². The van der Waals surface area contributed by atoms with Crippen molar-refractivity contribution in [1.82, 2.24) is 10.3 Å². The second kappa shape index (κ2) is 3.71. The zero-order chi connectivity index (χ0) is 8.97. The van der Waals surface area contributed by atoms with Gasteiger partial charge in [0, 0.05) is 5.57 Å². The molecule has 0 radical (unpaired) electrons. The van der Waals surface area contributed by atoms with Crippen LogP contribution in [0.4, 0.5) is 5.82 Å². The first kappa shape index (κ1) is 8.52. The summed E-state index contributed by atoms with van der Waals surface area (Å²) in [5, 5.41) is 7.16. The van der Waals surface area contributed by atoms with E-state index in [9.17, 15) is 0 Å². The summed E-state index contributed by atoms with van der Waals surface area (Å²) in [4.78, 5) is 0. The zero-order valence-corrected chi connectivity index (χ0v) is 7.11. The van der Waals surface area contributed by atoms with Gasteiger partial charge in [0.05, 0.1) is 0 Å². The normalized spacial score (nSPS) is 12.7. The molecule has 1 heterocycles. The molecule has 0 spiro atoms. The molecule has 1 aromatic heterocycles. The fraction of sp³-hybridized carbons (Fsp3) is 0.250. The maximum atomic E-state index is 5.51. The number of nitrogen functional groups attached to an aromatic ring is 1. The molecule has 12 heavy (non-hydrogen) atoms. The Labute approximate surface area is 70.7 Å². The minimum absolute atomic E-state index is 0.321. The van der Waals surface area contributed by atoms with Gasteiger partial charge in [0.2, 0.25) is 0 Å². The predicted molar refractivity (Wildman–Crippen MR) is 47.2 cm³/mol. The van der Waals surface area contributed by atoms with Crippen molar-refractivity contribution in [2.75, 3.05) is 5.73 Å². The minimum atomic E-state index is 0.321. The Morgan fingerprint density at radius 3 is 2.58 bits per heavy atom. The number of hydrogen-bond donors (Lipinski definition) is 1. The summed E-state index contributed by atoms with van der Waals surface area (Å²) in [5.74, 6) is 0.321. The average molecular weight is 165 g/mol. The first-order chi connectivity index (χ1) is 5.79. The van der Waals surface area contributed by atoms with Crippen LogP contribution in [0.15, 0.2) is 22.9 Å². The monoisotopic (exact) mass is 165 g/mol. The van der Waals surface area contributed by atoms with Gasteiger partial charge < -0.3 is 5.73 Å². The van der Waals surface area contributed by atoms with E-state index >= 15 is 0 Å². The van der Waals surface area contributed by atoms with E-state index in [1.54, 1.807) is 0 Å². The number of nitrogens with two attached hydrogens (primary N) is 1. The SMILES string of the molecule is C/C=C\C(=C/C)c1nonc1N. The van der Waals surface area contributed by atoms with Crippen LogP contribution in [0.25, 0.3) is 5.57 Å². The summed E-state index contributed by atoms with van der Waals surface area (Å²) in [6.07, 6.45) is 5.70. The van der Waals surface area contributed by atoms with Gasteiger partial charge in [0.25, 0.3) is 0 Å². The quantitative estimate of drug-likeness (QED) is 0.676. The van der Waals surface area contributed by atoms with Crippen molar-refractivity contribution >= 4 is 11.4 Å². The predicted octanol–water partition coefficient (Wildman–Crippen LogP) is 1.63. The summed E-state index contributed by atoms with van der Waals surface area (Å²) in [6, 6.07) is 0. The highest BCUT2D eigenvalue weighted by Crippen LogP contribution is 2.17. The van der Waals surface area contributed by atoms with Gasteiger partial charge >= 0.3 is 0 Å². The molecule has 0 fully saturated rings. The topological polar surface area (TPSA) is 64.9 Å². The van der Waals surface area contributed by atoms with E-state index in [0.29, 0.717) is 11.5 Å². The smallest absolute Gasteiger partial charge is 0.196 e. The highest BCUT2D eigenvalue weighted by atomic mass is 16.6. The van der Waals surface area contributed by atoms with E-state index in [0.717, 1.165) is 5.57 Å². The third kappa shape index (κ3) is 1.53. The first-order valence-corrected chi connectivity index (χ1v) is 3.67. The Kier molecular flexibility index (Phi) is 2.63. The third-order valence-corrected chi connectivity index (χ3v) is 1.44. The van der Waals surface area contributed by atoms with Gasteiger partial charge in [0.15, 0.2) is 11.5 Å². The van der Waals surface area contributed by atoms with Crippen LogP contribution in [-0.2, 0) is 0 Å². The van der Waals surface area contributed by atoms with Crippen LogP contribution >= 0.6 is 0 Å². The lowest BCUT2D eigenvalue weighted by Gasteiger charge is -1.93. The number of hydrogen-bond acceptors (Lipinski definition) is 4. The third-order valence-electron chi connectivity index (χ3n) is 1.44. The van der Waals surface area contributed by atoms with Crippen molar-refractivity contribution in [1.29, 1.82) is 0 Å². The van der Waals surface area contributed by atoms with Crippen molar-refractivity contribution < 1.29 is 4.63 Å². The van der Waals surface area contributed by atoms with Crippen LogP contribution < -0.4 is 5.73 Å². The Hall–Kier alpha value is -1.58. The summed E-state index contributed by atoms with van der Waals surface area (Å²) >= 11 is 0. The molecule has 0 saturated heterocycles. The molecular formula is C8H11N3O. The molecule has 4 nitrogen and oxygen atoms in total. The molecule has 2 N–H and O–H groups in total. The van der Waals surface area contributed by atoms with Gasteiger partial charge in [-0.05, 0) is 24.2 Å². The lowest BCUT2D eigenvalue weighted by Crippen LogP contribution is -1.90. The van der Waals surface area contributed by atoms with Crippen LogP contribution in [-0.4, -0.2) is 10.3 Å². The summed E-state index contributed by atoms with van der Waals surface area (Å²) in [7, 11) is 0. The van der Waals surface area contributed by atoms with Crippen LogP contribution in [0, 0.1) is 0 Å². The minimum Gasteiger partial charge on any atom is -0.379 e. The van der Waals surface area contributed by atoms with Gasteiger partial charge in [-0.3, -0.25) is 0 Å². The second-order valence-electron chi connectivity index (χ2n) is 2.24. The molecule has 0 aliphatic rings. The van der Waals surface area contributed by atoms with Crippen molar-refractivity contribution in [3.05, 3.63) is 23.9 Å². The van der Waals surface area contributed by atoms with E-state index in [4.69, 9.17) is 5.73 Å². The summed E-state index contributed by atoms with van der Waals surface area (Å²) in [6.45, 7) is 3.83. The van der Waals surface area contributed by atoms with E-state index in [-0.39, 0.29) is 0 Å². The zero-order valence-electron chi connectivity index (χ0n) is 7.11. The number of rotatable bonds is 2. The maximum Gasteiger partial charge on any atom is 0.196 e. The summed E-state index contributed by atoms with van der Waals surface area (Å²) < 4.78 is 4.47. The van der Waals surface area contributed by atoms with E-state index in [2.05, 4.69) is 14.9 Å². The number of nitrogens with zero attached hydrogens (tertiary/aromatic N) is 2. The molecule has 64 valence electrons. The average Bonchev–Trinajstić information content (AvgIpc) is 2.47. The van der Waals surface area contributed by atoms with E-state index in [1.807, 2.05) is 32.1 Å². The van der Waals surface area contributed by atoms with Crippen LogP contribution in [0.1, 0.15) is 19.5 Å². The van der Waals surface area contributed by atoms with Gasteiger partial charge in [0.1, 0.15) is 0 Å². The first-order valence-electron chi connectivity index (χ1n) is 3.67. The van der Waals surface area contributed by atoms with Gasteiger partial charge in [-0.15, -0.1) is 0 Å². The lowest BCUT2D eigenvalue weighted by molar-refractivity contribution is 0.308. The van der Waals surface area contributed by atoms with Crippen LogP contribution in [0.3, 0.4) is 0 Å². The van der Waals surface area contributed by atoms with Crippen molar-refractivity contribution in [3.8, 4) is 0 Å². The van der Waals surface area contributed by atoms with Crippen LogP contribution in [0.5, 0.6) is 0 Å². The Morgan fingerprint density at radius 1 is 1.42 bits per heavy atom. The van der Waals surface area contributed by atoms with Gasteiger partial charge in [-0.1, -0.05) is 18.2 Å². The molecule has 0 aliphatic carbocycles. The fourth-order valence-corrected chi connectivity index (χ4v) is 0.887. The second-order valence-corrected chi connectivity index (χ2v) is 2.24. The molecule has 4 heteroatoms. The number of anilines is 1. The van der Waals surface area contributed by atoms with Crippen molar-refractivity contribution in [2.45, 2.75) is 13.8 Å². The van der Waals surface area contributed by atoms with Gasteiger partial charge in [-0.25, -0.2) is 4.63 Å². The standard InChI is InChI=1S/C8H11N3O/c1-3-5-6(4-2)7-8(9)11-12-10-7/h3-5H,1-2H3,(H2,9,11)/b5-3-,6-4+. The molecule has 0 saturated carbocycles.